The van der Waals surface area contributed by atoms with Crippen LogP contribution in [0.4, 0.5) is 0 Å². The summed E-state index contributed by atoms with van der Waals surface area (Å²) in [5.41, 5.74) is 10.0. The molecule has 1 atom stereocenters. The third kappa shape index (κ3) is 5.61. The molecule has 1 aromatic carbocycles. The molecule has 33 heavy (non-hydrogen) atoms. The summed E-state index contributed by atoms with van der Waals surface area (Å²) < 4.78 is 5.40. The number of aryl methyl sites for hydroxylation is 2. The molecule has 2 aliphatic rings. The number of benzene rings is 1. The van der Waals surface area contributed by atoms with Crippen molar-refractivity contribution >= 4 is 29.1 Å². The average molecular weight is 472 g/mol. The van der Waals surface area contributed by atoms with Gasteiger partial charge in [-0.15, -0.1) is 11.3 Å². The Morgan fingerprint density at radius 2 is 1.82 bits per heavy atom. The maximum Gasteiger partial charge on any atom is 0.303 e. The van der Waals surface area contributed by atoms with Crippen LogP contribution < -0.4 is 5.73 Å². The van der Waals surface area contributed by atoms with E-state index in [1.54, 1.807) is 0 Å². The lowest BCUT2D eigenvalue weighted by atomic mass is 10.0. The molecule has 0 spiro atoms. The average Bonchev–Trinajstić information content (AvgIpc) is 3.34. The van der Waals surface area contributed by atoms with E-state index in [0.29, 0.717) is 11.4 Å². The van der Waals surface area contributed by atoms with Crippen molar-refractivity contribution in [1.82, 2.24) is 9.80 Å². The minimum Gasteiger partial charge on any atom is -0.481 e. The Morgan fingerprint density at radius 3 is 2.48 bits per heavy atom. The zero-order valence-corrected chi connectivity index (χ0v) is 19.3. The fourth-order valence-corrected chi connectivity index (χ4v) is 5.50. The SMILES string of the molecule is NC(=O)C(CCC(=O)O)N1Cc2c(CCc3ccc(CN4CCOCC4)cc3)csc2C1=O. The molecule has 1 unspecified atom stereocenters. The number of carboxylic acid groups (broad SMARTS) is 1. The summed E-state index contributed by atoms with van der Waals surface area (Å²) in [5.74, 6) is -1.92. The van der Waals surface area contributed by atoms with E-state index in [2.05, 4.69) is 29.2 Å². The number of carboxylic acids is 1. The van der Waals surface area contributed by atoms with Gasteiger partial charge in [-0.05, 0) is 46.9 Å². The number of primary amides is 1. The van der Waals surface area contributed by atoms with E-state index in [1.807, 2.05) is 5.38 Å². The predicted molar refractivity (Wildman–Crippen MR) is 124 cm³/mol. The van der Waals surface area contributed by atoms with Crippen molar-refractivity contribution in [3.8, 4) is 0 Å². The minimum atomic E-state index is -1.01. The number of morpholine rings is 1. The molecule has 0 radical (unpaired) electrons. The van der Waals surface area contributed by atoms with Gasteiger partial charge < -0.3 is 20.5 Å². The van der Waals surface area contributed by atoms with Crippen molar-refractivity contribution in [2.75, 3.05) is 26.3 Å². The zero-order valence-electron chi connectivity index (χ0n) is 18.5. The number of rotatable bonds is 10. The molecule has 2 aliphatic heterocycles. The van der Waals surface area contributed by atoms with Gasteiger partial charge in [0.05, 0.1) is 18.1 Å². The van der Waals surface area contributed by atoms with Gasteiger partial charge in [-0.2, -0.15) is 0 Å². The molecule has 0 aliphatic carbocycles. The Hall–Kier alpha value is -2.75. The summed E-state index contributed by atoms with van der Waals surface area (Å²) in [6.45, 7) is 4.76. The van der Waals surface area contributed by atoms with Crippen LogP contribution in [0.5, 0.6) is 0 Å². The number of aliphatic carboxylic acids is 1. The normalized spacial score (nSPS) is 17.2. The molecule has 1 aromatic heterocycles. The van der Waals surface area contributed by atoms with E-state index < -0.39 is 17.9 Å². The minimum absolute atomic E-state index is 0.0253. The largest absolute Gasteiger partial charge is 0.481 e. The highest BCUT2D eigenvalue weighted by Crippen LogP contribution is 2.34. The molecule has 9 heteroatoms. The van der Waals surface area contributed by atoms with Crippen molar-refractivity contribution < 1.29 is 24.2 Å². The van der Waals surface area contributed by atoms with E-state index in [-0.39, 0.29) is 18.7 Å². The van der Waals surface area contributed by atoms with Crippen LogP contribution in [0.3, 0.4) is 0 Å². The van der Waals surface area contributed by atoms with Crippen molar-refractivity contribution in [3.05, 3.63) is 56.8 Å². The summed E-state index contributed by atoms with van der Waals surface area (Å²) in [4.78, 5) is 40.1. The third-order valence-corrected chi connectivity index (χ3v) is 7.38. The van der Waals surface area contributed by atoms with E-state index >= 15 is 0 Å². The summed E-state index contributed by atoms with van der Waals surface area (Å²) in [6, 6.07) is 7.77. The lowest BCUT2D eigenvalue weighted by Crippen LogP contribution is -2.45. The first-order valence-electron chi connectivity index (χ1n) is 11.2. The van der Waals surface area contributed by atoms with Crippen LogP contribution in [0.1, 0.15) is 44.8 Å². The van der Waals surface area contributed by atoms with Crippen LogP contribution in [0.25, 0.3) is 0 Å². The molecule has 176 valence electrons. The van der Waals surface area contributed by atoms with Gasteiger partial charge in [0.1, 0.15) is 6.04 Å². The fourth-order valence-electron chi connectivity index (χ4n) is 4.42. The molecule has 4 rings (SSSR count). The van der Waals surface area contributed by atoms with Crippen molar-refractivity contribution in [2.24, 2.45) is 5.73 Å². The van der Waals surface area contributed by atoms with E-state index in [0.717, 1.165) is 56.8 Å². The Morgan fingerprint density at radius 1 is 1.12 bits per heavy atom. The van der Waals surface area contributed by atoms with Gasteiger partial charge in [-0.25, -0.2) is 0 Å². The maximum atomic E-state index is 12.8. The highest BCUT2D eigenvalue weighted by atomic mass is 32.1. The predicted octanol–water partition coefficient (Wildman–Crippen LogP) is 2.04. The quantitative estimate of drug-likeness (QED) is 0.548. The number of fused-ring (bicyclic) bond motifs is 1. The summed E-state index contributed by atoms with van der Waals surface area (Å²) in [5, 5.41) is 11.0. The van der Waals surface area contributed by atoms with Gasteiger partial charge in [-0.1, -0.05) is 24.3 Å². The molecule has 0 saturated carbocycles. The first-order chi connectivity index (χ1) is 15.9. The molecule has 2 amide bonds. The second-order valence-electron chi connectivity index (χ2n) is 8.56. The molecule has 3 N–H and O–H groups in total. The number of amides is 2. The molecular formula is C24H29N3O5S. The molecular weight excluding hydrogens is 442 g/mol. The molecule has 1 saturated heterocycles. The zero-order chi connectivity index (χ0) is 23.4. The highest BCUT2D eigenvalue weighted by molar-refractivity contribution is 7.12. The first-order valence-corrected chi connectivity index (χ1v) is 12.1. The Balaban J connectivity index is 1.36. The number of carbonyl (C=O) groups is 3. The van der Waals surface area contributed by atoms with Crippen LogP contribution in [-0.2, 0) is 40.3 Å². The number of ether oxygens (including phenoxy) is 1. The van der Waals surface area contributed by atoms with Crippen molar-refractivity contribution in [3.63, 3.8) is 0 Å². The molecule has 1 fully saturated rings. The van der Waals surface area contributed by atoms with Gasteiger partial charge in [-0.3, -0.25) is 19.3 Å². The Labute approximate surface area is 196 Å². The van der Waals surface area contributed by atoms with Gasteiger partial charge in [0, 0.05) is 32.6 Å². The second kappa shape index (κ2) is 10.5. The first kappa shape index (κ1) is 23.4. The summed E-state index contributed by atoms with van der Waals surface area (Å²) in [6.07, 6.45) is 1.47. The van der Waals surface area contributed by atoms with Crippen LogP contribution in [0.15, 0.2) is 29.6 Å². The van der Waals surface area contributed by atoms with E-state index in [4.69, 9.17) is 15.6 Å². The van der Waals surface area contributed by atoms with Crippen molar-refractivity contribution in [2.45, 2.75) is 44.8 Å². The van der Waals surface area contributed by atoms with E-state index in [9.17, 15) is 14.4 Å². The smallest absolute Gasteiger partial charge is 0.303 e. The number of carbonyl (C=O) groups excluding carboxylic acids is 2. The maximum absolute atomic E-state index is 12.8. The van der Waals surface area contributed by atoms with Gasteiger partial charge in [0.15, 0.2) is 0 Å². The third-order valence-electron chi connectivity index (χ3n) is 6.32. The number of hydrogen-bond donors (Lipinski definition) is 2. The van der Waals surface area contributed by atoms with Crippen molar-refractivity contribution in [1.29, 1.82) is 0 Å². The Bertz CT molecular complexity index is 1010. The van der Waals surface area contributed by atoms with Crippen LogP contribution in [0.2, 0.25) is 0 Å². The number of nitrogens with two attached hydrogens (primary N) is 1. The van der Waals surface area contributed by atoms with Crippen LogP contribution in [-0.4, -0.2) is 65.0 Å². The standard InChI is InChI=1S/C24H29N3O5S/c25-23(30)20(7-8-21(28)29)27-14-19-18(15-33-22(19)24(27)31)6-5-16-1-3-17(4-2-16)13-26-9-11-32-12-10-26/h1-4,15,20H,5-14H2,(H2,25,30)(H,28,29). The number of hydrogen-bond acceptors (Lipinski definition) is 6. The van der Waals surface area contributed by atoms with Gasteiger partial charge >= 0.3 is 5.97 Å². The topological polar surface area (TPSA) is 113 Å². The van der Waals surface area contributed by atoms with E-state index in [1.165, 1.54) is 27.4 Å². The second-order valence-corrected chi connectivity index (χ2v) is 9.44. The molecule has 3 heterocycles. The van der Waals surface area contributed by atoms with Gasteiger partial charge in [0.25, 0.3) is 5.91 Å². The molecule has 0 bridgehead atoms. The van der Waals surface area contributed by atoms with Gasteiger partial charge in [0.2, 0.25) is 5.91 Å². The number of thiophene rings is 1. The summed E-state index contributed by atoms with van der Waals surface area (Å²) in [7, 11) is 0. The van der Waals surface area contributed by atoms with Crippen LogP contribution in [0, 0.1) is 0 Å². The monoisotopic (exact) mass is 471 g/mol. The highest BCUT2D eigenvalue weighted by Gasteiger charge is 2.37. The summed E-state index contributed by atoms with van der Waals surface area (Å²) >= 11 is 1.39. The Kier molecular flexibility index (Phi) is 7.42. The molecule has 8 nitrogen and oxygen atoms in total. The fraction of sp³-hybridized carbons (Fsp3) is 0.458. The number of nitrogens with zero attached hydrogens (tertiary/aromatic N) is 2. The van der Waals surface area contributed by atoms with Crippen LogP contribution >= 0.6 is 11.3 Å². The lowest BCUT2D eigenvalue weighted by Gasteiger charge is -2.26. The lowest BCUT2D eigenvalue weighted by molar-refractivity contribution is -0.137. The molecule has 2 aromatic rings.